The molecular weight excluding hydrogens is 358 g/mol. The summed E-state index contributed by atoms with van der Waals surface area (Å²) in [5, 5.41) is 2.74. The number of ether oxygens (including phenoxy) is 3. The summed E-state index contributed by atoms with van der Waals surface area (Å²) in [5.41, 5.74) is 1.71. The second-order valence-corrected chi connectivity index (χ2v) is 6.01. The molecule has 0 aliphatic heterocycles. The van der Waals surface area contributed by atoms with Crippen LogP contribution in [0.15, 0.2) is 48.5 Å². The fourth-order valence-electron chi connectivity index (χ4n) is 2.43. The number of hydrogen-bond acceptors (Lipinski definition) is 5. The molecule has 0 radical (unpaired) electrons. The number of esters is 1. The van der Waals surface area contributed by atoms with Crippen LogP contribution in [0.4, 0.5) is 5.69 Å². The van der Waals surface area contributed by atoms with Crippen molar-refractivity contribution < 1.29 is 23.8 Å². The quantitative estimate of drug-likeness (QED) is 0.397. The predicted octanol–water partition coefficient (Wildman–Crippen LogP) is 4.31. The molecule has 6 nitrogen and oxygen atoms in total. The topological polar surface area (TPSA) is 73.9 Å². The zero-order valence-electron chi connectivity index (χ0n) is 16.4. The van der Waals surface area contributed by atoms with Crippen LogP contribution in [0.3, 0.4) is 0 Å². The van der Waals surface area contributed by atoms with E-state index < -0.39 is 5.97 Å². The van der Waals surface area contributed by atoms with Crippen molar-refractivity contribution in [1.82, 2.24) is 0 Å². The molecule has 0 aliphatic rings. The summed E-state index contributed by atoms with van der Waals surface area (Å²) in [6, 6.07) is 12.0. The third-order valence-electron chi connectivity index (χ3n) is 3.93. The van der Waals surface area contributed by atoms with Crippen LogP contribution in [0.2, 0.25) is 0 Å². The normalized spacial score (nSPS) is 10.5. The Morgan fingerprint density at radius 1 is 1.04 bits per heavy atom. The highest BCUT2D eigenvalue weighted by Gasteiger charge is 2.08. The summed E-state index contributed by atoms with van der Waals surface area (Å²) >= 11 is 0. The first-order valence-electron chi connectivity index (χ1n) is 9.05. The van der Waals surface area contributed by atoms with E-state index >= 15 is 0 Å². The van der Waals surface area contributed by atoms with E-state index in [-0.39, 0.29) is 5.91 Å². The summed E-state index contributed by atoms with van der Waals surface area (Å²) in [6.07, 6.45) is 4.85. The van der Waals surface area contributed by atoms with Crippen molar-refractivity contribution in [2.24, 2.45) is 0 Å². The molecule has 0 fully saturated rings. The monoisotopic (exact) mass is 383 g/mol. The Kier molecular flexibility index (Phi) is 8.09. The van der Waals surface area contributed by atoms with Gasteiger partial charge in [-0.3, -0.25) is 4.79 Å². The highest BCUT2D eigenvalue weighted by atomic mass is 16.5. The van der Waals surface area contributed by atoms with Gasteiger partial charge in [-0.2, -0.15) is 0 Å². The Morgan fingerprint density at radius 2 is 1.82 bits per heavy atom. The van der Waals surface area contributed by atoms with E-state index in [1.807, 2.05) is 13.0 Å². The van der Waals surface area contributed by atoms with Crippen molar-refractivity contribution in [3.8, 4) is 11.5 Å². The van der Waals surface area contributed by atoms with E-state index in [9.17, 15) is 9.59 Å². The van der Waals surface area contributed by atoms with Gasteiger partial charge in [0.1, 0.15) is 0 Å². The summed E-state index contributed by atoms with van der Waals surface area (Å²) in [7, 11) is 3.12. The lowest BCUT2D eigenvalue weighted by Gasteiger charge is -2.08. The van der Waals surface area contributed by atoms with Gasteiger partial charge in [-0.05, 0) is 48.4 Å². The van der Waals surface area contributed by atoms with Crippen LogP contribution >= 0.6 is 0 Å². The van der Waals surface area contributed by atoms with Crippen LogP contribution in [0, 0.1) is 0 Å². The lowest BCUT2D eigenvalue weighted by atomic mass is 10.1. The Hall–Kier alpha value is -3.28. The van der Waals surface area contributed by atoms with Crippen molar-refractivity contribution in [1.29, 1.82) is 0 Å². The molecule has 0 atom stereocenters. The summed E-state index contributed by atoms with van der Waals surface area (Å²) < 4.78 is 15.6. The molecule has 148 valence electrons. The molecule has 2 aromatic rings. The smallest absolute Gasteiger partial charge is 0.338 e. The van der Waals surface area contributed by atoms with Gasteiger partial charge in [0, 0.05) is 11.8 Å². The molecule has 1 N–H and O–H groups in total. The molecule has 0 saturated heterocycles. The largest absolute Gasteiger partial charge is 0.493 e. The van der Waals surface area contributed by atoms with Gasteiger partial charge in [-0.15, -0.1) is 0 Å². The van der Waals surface area contributed by atoms with Gasteiger partial charge in [-0.1, -0.05) is 25.5 Å². The van der Waals surface area contributed by atoms with Crippen molar-refractivity contribution in [2.75, 3.05) is 26.1 Å². The first-order chi connectivity index (χ1) is 13.6. The van der Waals surface area contributed by atoms with Crippen LogP contribution in [-0.4, -0.2) is 32.7 Å². The van der Waals surface area contributed by atoms with E-state index in [2.05, 4.69) is 5.32 Å². The third-order valence-corrected chi connectivity index (χ3v) is 3.93. The van der Waals surface area contributed by atoms with E-state index in [1.165, 1.54) is 6.08 Å². The molecule has 0 spiro atoms. The van der Waals surface area contributed by atoms with Gasteiger partial charge in [0.2, 0.25) is 5.91 Å². The summed E-state index contributed by atoms with van der Waals surface area (Å²) in [6.45, 7) is 2.42. The number of nitrogens with one attached hydrogen (secondary N) is 1. The maximum absolute atomic E-state index is 12.2. The molecule has 0 heterocycles. The molecular formula is C22H25NO5. The van der Waals surface area contributed by atoms with Gasteiger partial charge >= 0.3 is 5.97 Å². The minimum atomic E-state index is -0.398. The fourth-order valence-corrected chi connectivity index (χ4v) is 2.43. The van der Waals surface area contributed by atoms with Crippen LogP contribution < -0.4 is 14.8 Å². The standard InChI is InChI=1S/C22H25NO5/c1-4-5-13-28-22(25)17-7-6-8-18(15-17)23-21(24)12-10-16-9-11-19(26-2)20(14-16)27-3/h6-12,14-15H,4-5,13H2,1-3H3,(H,23,24). The van der Waals surface area contributed by atoms with Gasteiger partial charge in [0.25, 0.3) is 0 Å². The third kappa shape index (κ3) is 6.16. The molecule has 2 aromatic carbocycles. The number of amides is 1. The lowest BCUT2D eigenvalue weighted by Crippen LogP contribution is -2.10. The molecule has 0 aliphatic carbocycles. The molecule has 0 aromatic heterocycles. The number of benzene rings is 2. The van der Waals surface area contributed by atoms with E-state index in [0.717, 1.165) is 18.4 Å². The van der Waals surface area contributed by atoms with Crippen molar-refractivity contribution in [3.05, 3.63) is 59.7 Å². The molecule has 28 heavy (non-hydrogen) atoms. The highest BCUT2D eigenvalue weighted by molar-refractivity contribution is 6.02. The van der Waals surface area contributed by atoms with Crippen molar-refractivity contribution >= 4 is 23.6 Å². The number of rotatable bonds is 9. The van der Waals surface area contributed by atoms with Gasteiger partial charge in [-0.25, -0.2) is 4.79 Å². The van der Waals surface area contributed by atoms with Gasteiger partial charge in [0.05, 0.1) is 26.4 Å². The minimum Gasteiger partial charge on any atom is -0.493 e. The van der Waals surface area contributed by atoms with Gasteiger partial charge in [0.15, 0.2) is 11.5 Å². The first kappa shape index (κ1) is 21.0. The zero-order valence-corrected chi connectivity index (χ0v) is 16.4. The second-order valence-electron chi connectivity index (χ2n) is 6.01. The SMILES string of the molecule is CCCCOC(=O)c1cccc(NC(=O)C=Cc2ccc(OC)c(OC)c2)c1. The van der Waals surface area contributed by atoms with E-state index in [4.69, 9.17) is 14.2 Å². The number of carbonyl (C=O) groups excluding carboxylic acids is 2. The van der Waals surface area contributed by atoms with E-state index in [1.54, 1.807) is 56.7 Å². The predicted molar refractivity (Wildman–Crippen MR) is 109 cm³/mol. The number of anilines is 1. The number of carbonyl (C=O) groups is 2. The molecule has 6 heteroatoms. The van der Waals surface area contributed by atoms with Crippen LogP contribution in [0.1, 0.15) is 35.7 Å². The number of unbranched alkanes of at least 4 members (excludes halogenated alkanes) is 1. The maximum Gasteiger partial charge on any atom is 0.338 e. The average molecular weight is 383 g/mol. The number of methoxy groups -OCH3 is 2. The van der Waals surface area contributed by atoms with Crippen molar-refractivity contribution in [3.63, 3.8) is 0 Å². The average Bonchev–Trinajstić information content (AvgIpc) is 2.72. The molecule has 1 amide bonds. The molecule has 2 rings (SSSR count). The Morgan fingerprint density at radius 3 is 2.54 bits per heavy atom. The van der Waals surface area contributed by atoms with Gasteiger partial charge < -0.3 is 19.5 Å². The molecule has 0 bridgehead atoms. The van der Waals surface area contributed by atoms with Crippen LogP contribution in [0.25, 0.3) is 6.08 Å². The lowest BCUT2D eigenvalue weighted by molar-refractivity contribution is -0.111. The maximum atomic E-state index is 12.2. The summed E-state index contributed by atoms with van der Waals surface area (Å²) in [4.78, 5) is 24.2. The first-order valence-corrected chi connectivity index (χ1v) is 9.05. The Balaban J connectivity index is 2.00. The Bertz CT molecular complexity index is 845. The molecule has 0 unspecified atom stereocenters. The summed E-state index contributed by atoms with van der Waals surface area (Å²) in [5.74, 6) is 0.489. The van der Waals surface area contributed by atoms with Crippen LogP contribution in [0.5, 0.6) is 11.5 Å². The molecule has 0 saturated carbocycles. The highest BCUT2D eigenvalue weighted by Crippen LogP contribution is 2.28. The number of hydrogen-bond donors (Lipinski definition) is 1. The van der Waals surface area contributed by atoms with E-state index in [0.29, 0.717) is 29.4 Å². The minimum absolute atomic E-state index is 0.314. The second kappa shape index (κ2) is 10.8. The van der Waals surface area contributed by atoms with Crippen molar-refractivity contribution in [2.45, 2.75) is 19.8 Å². The van der Waals surface area contributed by atoms with Crippen LogP contribution in [-0.2, 0) is 9.53 Å². The Labute approximate surface area is 165 Å². The zero-order chi connectivity index (χ0) is 20.4. The fraction of sp³-hybridized carbons (Fsp3) is 0.273.